The quantitative estimate of drug-likeness (QED) is 0.0862. The minimum absolute atomic E-state index is 0.0851. The molecule has 2 heteroatoms. The molecular weight excluding hydrogens is 416 g/mol. The number of rotatable bonds is 27. The minimum Gasteiger partial charge on any atom is -0.465 e. The van der Waals surface area contributed by atoms with Gasteiger partial charge < -0.3 is 4.74 Å². The van der Waals surface area contributed by atoms with Gasteiger partial charge in [0.2, 0.25) is 0 Å². The Morgan fingerprint density at radius 3 is 1.12 bits per heavy atom. The first-order chi connectivity index (χ1) is 16.6. The number of ether oxygens (including phenoxy) is 1. The Morgan fingerprint density at radius 1 is 0.471 bits per heavy atom. The maximum absolute atomic E-state index is 13.1. The first-order valence-corrected chi connectivity index (χ1v) is 15.8. The summed E-state index contributed by atoms with van der Waals surface area (Å²) in [5.41, 5.74) is -0.271. The zero-order chi connectivity index (χ0) is 25.2. The van der Waals surface area contributed by atoms with E-state index in [2.05, 4.69) is 27.7 Å². The van der Waals surface area contributed by atoms with Crippen LogP contribution in [0, 0.1) is 5.41 Å². The Labute approximate surface area is 215 Å². The molecule has 1 unspecified atom stereocenters. The molecule has 1 atom stereocenters. The van der Waals surface area contributed by atoms with Crippen LogP contribution in [0.2, 0.25) is 0 Å². The van der Waals surface area contributed by atoms with Crippen molar-refractivity contribution in [2.24, 2.45) is 5.41 Å². The summed E-state index contributed by atoms with van der Waals surface area (Å²) in [6, 6.07) is 0. The Kier molecular flexibility index (Phi) is 25.2. The van der Waals surface area contributed by atoms with Gasteiger partial charge in [-0.05, 0) is 26.2 Å². The molecule has 0 aromatic carbocycles. The van der Waals surface area contributed by atoms with Gasteiger partial charge in [-0.25, -0.2) is 0 Å². The van der Waals surface area contributed by atoms with Crippen molar-refractivity contribution in [1.82, 2.24) is 0 Å². The number of carbonyl (C=O) groups excluding carboxylic acids is 1. The highest BCUT2D eigenvalue weighted by Gasteiger charge is 2.33. The van der Waals surface area contributed by atoms with Crippen molar-refractivity contribution in [3.05, 3.63) is 0 Å². The van der Waals surface area contributed by atoms with E-state index in [1.165, 1.54) is 141 Å². The van der Waals surface area contributed by atoms with Crippen molar-refractivity contribution in [3.63, 3.8) is 0 Å². The molecular formula is C32H64O2. The van der Waals surface area contributed by atoms with Crippen LogP contribution < -0.4 is 0 Å². The first-order valence-electron chi connectivity index (χ1n) is 15.8. The van der Waals surface area contributed by atoms with Gasteiger partial charge in [-0.2, -0.15) is 0 Å². The standard InChI is InChI=1S/C32H64O2/c1-5-8-11-14-16-18-19-21-24-27-30-34-31(33)32(4,28-25-22-13-10-7-3)29-26-23-20-17-15-12-9-6-2/h5-30H2,1-4H3. The molecule has 204 valence electrons. The SMILES string of the molecule is CCCCCCCCCCCCOC(=O)C(C)(CCCCCCC)CCCCCCCCCC. The fourth-order valence-electron chi connectivity index (χ4n) is 5.03. The zero-order valence-corrected chi connectivity index (χ0v) is 24.2. The predicted molar refractivity (Wildman–Crippen MR) is 152 cm³/mol. The lowest BCUT2D eigenvalue weighted by Gasteiger charge is -2.27. The molecule has 0 bridgehead atoms. The molecule has 2 nitrogen and oxygen atoms in total. The molecule has 0 aliphatic carbocycles. The minimum atomic E-state index is -0.271. The molecule has 0 aliphatic heterocycles. The van der Waals surface area contributed by atoms with Crippen molar-refractivity contribution in [3.8, 4) is 0 Å². The van der Waals surface area contributed by atoms with Gasteiger partial charge >= 0.3 is 5.97 Å². The van der Waals surface area contributed by atoms with Crippen LogP contribution in [-0.2, 0) is 9.53 Å². The normalized spacial score (nSPS) is 13.2. The Balaban J connectivity index is 4.12. The maximum Gasteiger partial charge on any atom is 0.311 e. The second-order valence-electron chi connectivity index (χ2n) is 11.3. The second-order valence-corrected chi connectivity index (χ2v) is 11.3. The summed E-state index contributed by atoms with van der Waals surface area (Å²) < 4.78 is 5.84. The van der Waals surface area contributed by atoms with E-state index in [-0.39, 0.29) is 11.4 Å². The molecule has 0 rings (SSSR count). The van der Waals surface area contributed by atoms with Gasteiger partial charge in [0.1, 0.15) is 0 Å². The zero-order valence-electron chi connectivity index (χ0n) is 24.2. The molecule has 0 spiro atoms. The summed E-state index contributed by atoms with van der Waals surface area (Å²) in [7, 11) is 0. The van der Waals surface area contributed by atoms with E-state index >= 15 is 0 Å². The molecule has 0 saturated heterocycles. The van der Waals surface area contributed by atoms with E-state index in [0.717, 1.165) is 19.3 Å². The summed E-state index contributed by atoms with van der Waals surface area (Å²) in [6.45, 7) is 9.63. The Hall–Kier alpha value is -0.530. The van der Waals surface area contributed by atoms with Gasteiger partial charge in [0.25, 0.3) is 0 Å². The fourth-order valence-corrected chi connectivity index (χ4v) is 5.03. The third-order valence-electron chi connectivity index (χ3n) is 7.64. The van der Waals surface area contributed by atoms with Crippen molar-refractivity contribution in [2.45, 2.75) is 188 Å². The first kappa shape index (κ1) is 33.5. The number of unbranched alkanes of at least 4 members (excludes halogenated alkanes) is 20. The van der Waals surface area contributed by atoms with Crippen molar-refractivity contribution in [2.75, 3.05) is 6.61 Å². The molecule has 0 N–H and O–H groups in total. The Morgan fingerprint density at radius 2 is 0.765 bits per heavy atom. The summed E-state index contributed by atoms with van der Waals surface area (Å²) in [5, 5.41) is 0. The van der Waals surface area contributed by atoms with Gasteiger partial charge in [0.05, 0.1) is 12.0 Å². The molecule has 0 heterocycles. The summed E-state index contributed by atoms with van der Waals surface area (Å²) in [4.78, 5) is 13.1. The molecule has 0 radical (unpaired) electrons. The van der Waals surface area contributed by atoms with Crippen LogP contribution in [-0.4, -0.2) is 12.6 Å². The van der Waals surface area contributed by atoms with E-state index in [1.54, 1.807) is 0 Å². The van der Waals surface area contributed by atoms with E-state index in [1.807, 2.05) is 0 Å². The topological polar surface area (TPSA) is 26.3 Å². The van der Waals surface area contributed by atoms with Crippen LogP contribution in [0.4, 0.5) is 0 Å². The summed E-state index contributed by atoms with van der Waals surface area (Å²) >= 11 is 0. The van der Waals surface area contributed by atoms with Crippen LogP contribution in [0.1, 0.15) is 188 Å². The highest BCUT2D eigenvalue weighted by Crippen LogP contribution is 2.33. The van der Waals surface area contributed by atoms with Crippen molar-refractivity contribution >= 4 is 5.97 Å². The van der Waals surface area contributed by atoms with E-state index < -0.39 is 0 Å². The average molecular weight is 481 g/mol. The average Bonchev–Trinajstić information content (AvgIpc) is 2.84. The highest BCUT2D eigenvalue weighted by molar-refractivity contribution is 5.76. The molecule has 0 fully saturated rings. The smallest absolute Gasteiger partial charge is 0.311 e. The fraction of sp³-hybridized carbons (Fsp3) is 0.969. The van der Waals surface area contributed by atoms with Crippen molar-refractivity contribution < 1.29 is 9.53 Å². The van der Waals surface area contributed by atoms with E-state index in [4.69, 9.17) is 4.74 Å². The molecule has 0 saturated carbocycles. The van der Waals surface area contributed by atoms with Crippen LogP contribution >= 0.6 is 0 Å². The van der Waals surface area contributed by atoms with Gasteiger partial charge in [-0.3, -0.25) is 4.79 Å². The number of hydrogen-bond donors (Lipinski definition) is 0. The molecule has 34 heavy (non-hydrogen) atoms. The number of hydrogen-bond acceptors (Lipinski definition) is 2. The van der Waals surface area contributed by atoms with Crippen molar-refractivity contribution in [1.29, 1.82) is 0 Å². The number of esters is 1. The lowest BCUT2D eigenvalue weighted by Crippen LogP contribution is -2.30. The summed E-state index contributed by atoms with van der Waals surface area (Å²) in [6.07, 6.45) is 32.1. The Bertz CT molecular complexity index is 419. The lowest BCUT2D eigenvalue weighted by atomic mass is 9.79. The molecule has 0 amide bonds. The monoisotopic (exact) mass is 480 g/mol. The number of carbonyl (C=O) groups is 1. The van der Waals surface area contributed by atoms with Crippen LogP contribution in [0.15, 0.2) is 0 Å². The maximum atomic E-state index is 13.1. The van der Waals surface area contributed by atoms with Crippen LogP contribution in [0.25, 0.3) is 0 Å². The summed E-state index contributed by atoms with van der Waals surface area (Å²) in [5.74, 6) is 0.0851. The van der Waals surface area contributed by atoms with Gasteiger partial charge in [-0.1, -0.05) is 162 Å². The highest BCUT2D eigenvalue weighted by atomic mass is 16.5. The largest absolute Gasteiger partial charge is 0.465 e. The molecule has 0 aromatic rings. The third-order valence-corrected chi connectivity index (χ3v) is 7.64. The third kappa shape index (κ3) is 20.8. The molecule has 0 aromatic heterocycles. The predicted octanol–water partition coefficient (Wildman–Crippen LogP) is 11.3. The second kappa shape index (κ2) is 25.6. The lowest BCUT2D eigenvalue weighted by molar-refractivity contribution is -0.156. The van der Waals surface area contributed by atoms with Crippen LogP contribution in [0.3, 0.4) is 0 Å². The van der Waals surface area contributed by atoms with Gasteiger partial charge in [-0.15, -0.1) is 0 Å². The van der Waals surface area contributed by atoms with Gasteiger partial charge in [0.15, 0.2) is 0 Å². The van der Waals surface area contributed by atoms with Gasteiger partial charge in [0, 0.05) is 0 Å². The van der Waals surface area contributed by atoms with Crippen LogP contribution in [0.5, 0.6) is 0 Å². The molecule has 0 aliphatic rings. The van der Waals surface area contributed by atoms with E-state index in [0.29, 0.717) is 6.61 Å². The van der Waals surface area contributed by atoms with E-state index in [9.17, 15) is 4.79 Å².